The zero-order valence-electron chi connectivity index (χ0n) is 8.54. The Morgan fingerprint density at radius 3 is 2.81 bits per heavy atom. The van der Waals surface area contributed by atoms with E-state index < -0.39 is 0 Å². The van der Waals surface area contributed by atoms with Gasteiger partial charge in [-0.3, -0.25) is 0 Å². The molecule has 2 rings (SSSR count). The molecule has 0 spiro atoms. The third-order valence-electron chi connectivity index (χ3n) is 2.13. The van der Waals surface area contributed by atoms with Crippen LogP contribution >= 0.6 is 31.9 Å². The lowest BCUT2D eigenvalue weighted by molar-refractivity contribution is 0.0526. The Morgan fingerprint density at radius 2 is 2.12 bits per heavy atom. The summed E-state index contributed by atoms with van der Waals surface area (Å²) in [6, 6.07) is 5.66. The Kier molecular flexibility index (Phi) is 3.35. The topological polar surface area (TPSA) is 30.7 Å². The predicted octanol–water partition coefficient (Wildman–Crippen LogP) is 3.64. The van der Waals surface area contributed by atoms with Gasteiger partial charge in [-0.25, -0.2) is 4.79 Å². The number of ether oxygens (including phenoxy) is 1. The van der Waals surface area contributed by atoms with Crippen LogP contribution in [0.2, 0.25) is 0 Å². The zero-order valence-corrected chi connectivity index (χ0v) is 11.7. The van der Waals surface area contributed by atoms with Gasteiger partial charge in [-0.15, -0.1) is 0 Å². The van der Waals surface area contributed by atoms with Crippen molar-refractivity contribution >= 4 is 43.3 Å². The summed E-state index contributed by atoms with van der Waals surface area (Å²) < 4.78 is 8.67. The van der Waals surface area contributed by atoms with Crippen molar-refractivity contribution in [1.82, 2.24) is 4.40 Å². The van der Waals surface area contributed by atoms with Gasteiger partial charge in [0.15, 0.2) is 0 Å². The number of pyridine rings is 1. The van der Waals surface area contributed by atoms with Crippen molar-refractivity contribution in [2.45, 2.75) is 6.92 Å². The number of carbonyl (C=O) groups excluding carboxylic acids is 1. The van der Waals surface area contributed by atoms with Gasteiger partial charge in [-0.1, -0.05) is 15.9 Å². The minimum Gasteiger partial charge on any atom is -0.462 e. The number of fused-ring (bicyclic) bond motifs is 1. The van der Waals surface area contributed by atoms with Gasteiger partial charge in [-0.2, -0.15) is 0 Å². The molecule has 0 saturated carbocycles. The SMILES string of the molecule is CCOC(=O)c1cc2cc(Br)cc(Br)n2c1. The van der Waals surface area contributed by atoms with Crippen LogP contribution in [0.15, 0.2) is 33.5 Å². The predicted molar refractivity (Wildman–Crippen MR) is 68.8 cm³/mol. The molecule has 0 aromatic carbocycles. The van der Waals surface area contributed by atoms with Gasteiger partial charge in [0.25, 0.3) is 0 Å². The van der Waals surface area contributed by atoms with E-state index in [9.17, 15) is 4.79 Å². The number of hydrogen-bond acceptors (Lipinski definition) is 2. The van der Waals surface area contributed by atoms with E-state index in [1.165, 1.54) is 0 Å². The fourth-order valence-electron chi connectivity index (χ4n) is 1.47. The molecule has 0 bridgehead atoms. The van der Waals surface area contributed by atoms with Crippen LogP contribution < -0.4 is 0 Å². The second kappa shape index (κ2) is 4.59. The number of nitrogens with zero attached hydrogens (tertiary/aromatic N) is 1. The molecule has 84 valence electrons. The fraction of sp³-hybridized carbons (Fsp3) is 0.182. The second-order valence-electron chi connectivity index (χ2n) is 3.24. The Labute approximate surface area is 110 Å². The summed E-state index contributed by atoms with van der Waals surface area (Å²) >= 11 is 6.83. The van der Waals surface area contributed by atoms with E-state index in [4.69, 9.17) is 4.74 Å². The maximum absolute atomic E-state index is 11.5. The molecule has 2 heterocycles. The van der Waals surface area contributed by atoms with Gasteiger partial charge in [0.2, 0.25) is 0 Å². The highest BCUT2D eigenvalue weighted by Crippen LogP contribution is 2.23. The van der Waals surface area contributed by atoms with Crippen LogP contribution in [0.3, 0.4) is 0 Å². The molecule has 0 amide bonds. The molecule has 2 aromatic heterocycles. The number of halogens is 2. The molecule has 16 heavy (non-hydrogen) atoms. The summed E-state index contributed by atoms with van der Waals surface area (Å²) in [6.07, 6.45) is 1.75. The van der Waals surface area contributed by atoms with E-state index in [0.717, 1.165) is 14.6 Å². The van der Waals surface area contributed by atoms with Gasteiger partial charge in [0, 0.05) is 16.2 Å². The highest BCUT2D eigenvalue weighted by atomic mass is 79.9. The summed E-state index contributed by atoms with van der Waals surface area (Å²) in [6.45, 7) is 2.18. The van der Waals surface area contributed by atoms with E-state index >= 15 is 0 Å². The monoisotopic (exact) mass is 345 g/mol. The van der Waals surface area contributed by atoms with E-state index in [1.807, 2.05) is 16.5 Å². The molecule has 0 radical (unpaired) electrons. The largest absolute Gasteiger partial charge is 0.462 e. The van der Waals surface area contributed by atoms with Crippen molar-refractivity contribution in [3.8, 4) is 0 Å². The first-order valence-corrected chi connectivity index (χ1v) is 6.34. The molecule has 0 saturated heterocycles. The average molecular weight is 347 g/mol. The number of aromatic nitrogens is 1. The van der Waals surface area contributed by atoms with Crippen LogP contribution in [0, 0.1) is 0 Å². The zero-order chi connectivity index (χ0) is 11.7. The lowest BCUT2D eigenvalue weighted by Crippen LogP contribution is -2.02. The van der Waals surface area contributed by atoms with Gasteiger partial charge in [-0.05, 0) is 41.1 Å². The Bertz CT molecular complexity index is 548. The number of esters is 1. The average Bonchev–Trinajstić information content (AvgIpc) is 2.62. The maximum atomic E-state index is 11.5. The molecule has 0 aliphatic heterocycles. The summed E-state index contributed by atoms with van der Waals surface area (Å²) in [5.41, 5.74) is 1.49. The molecular weight excluding hydrogens is 338 g/mol. The minimum atomic E-state index is -0.297. The van der Waals surface area contributed by atoms with Gasteiger partial charge >= 0.3 is 5.97 Å². The van der Waals surface area contributed by atoms with E-state index in [0.29, 0.717) is 12.2 Å². The third kappa shape index (κ3) is 2.15. The van der Waals surface area contributed by atoms with Gasteiger partial charge < -0.3 is 9.14 Å². The second-order valence-corrected chi connectivity index (χ2v) is 4.97. The lowest BCUT2D eigenvalue weighted by Gasteiger charge is -1.99. The van der Waals surface area contributed by atoms with E-state index in [2.05, 4.69) is 31.9 Å². The summed E-state index contributed by atoms with van der Waals surface area (Å²) in [4.78, 5) is 11.5. The quantitative estimate of drug-likeness (QED) is 0.614. The molecular formula is C11H9Br2NO2. The molecule has 0 aliphatic rings. The van der Waals surface area contributed by atoms with Crippen LogP contribution in [-0.2, 0) is 4.74 Å². The molecule has 0 fully saturated rings. The van der Waals surface area contributed by atoms with Crippen LogP contribution in [0.4, 0.5) is 0 Å². The molecule has 5 heteroatoms. The van der Waals surface area contributed by atoms with Crippen LogP contribution in [-0.4, -0.2) is 17.0 Å². The number of carbonyl (C=O) groups is 1. The van der Waals surface area contributed by atoms with Gasteiger partial charge in [0.05, 0.1) is 16.8 Å². The minimum absolute atomic E-state index is 0.297. The lowest BCUT2D eigenvalue weighted by atomic mass is 10.3. The first-order chi connectivity index (χ1) is 7.61. The van der Waals surface area contributed by atoms with Crippen LogP contribution in [0.1, 0.15) is 17.3 Å². The first kappa shape index (κ1) is 11.7. The number of rotatable bonds is 2. The standard InChI is InChI=1S/C11H9Br2NO2/c1-2-16-11(15)7-3-9-4-8(12)5-10(13)14(9)6-7/h3-6H,2H2,1H3. The van der Waals surface area contributed by atoms with Crippen molar-refractivity contribution in [3.05, 3.63) is 39.0 Å². The van der Waals surface area contributed by atoms with Crippen molar-refractivity contribution in [3.63, 3.8) is 0 Å². The Morgan fingerprint density at radius 1 is 1.38 bits per heavy atom. The normalized spacial score (nSPS) is 10.7. The van der Waals surface area contributed by atoms with Crippen molar-refractivity contribution in [1.29, 1.82) is 0 Å². The smallest absolute Gasteiger partial charge is 0.339 e. The molecule has 0 aliphatic carbocycles. The molecule has 0 N–H and O–H groups in total. The molecule has 0 atom stereocenters. The Balaban J connectivity index is 2.51. The Hall–Kier alpha value is -0.810. The number of hydrogen-bond donors (Lipinski definition) is 0. The molecule has 2 aromatic rings. The fourth-order valence-corrected chi connectivity index (χ4v) is 2.78. The molecule has 3 nitrogen and oxygen atoms in total. The summed E-state index contributed by atoms with van der Waals surface area (Å²) in [7, 11) is 0. The highest BCUT2D eigenvalue weighted by molar-refractivity contribution is 9.11. The van der Waals surface area contributed by atoms with Crippen molar-refractivity contribution in [2.75, 3.05) is 6.61 Å². The highest BCUT2D eigenvalue weighted by Gasteiger charge is 2.11. The summed E-state index contributed by atoms with van der Waals surface area (Å²) in [5.74, 6) is -0.297. The van der Waals surface area contributed by atoms with Crippen LogP contribution in [0.5, 0.6) is 0 Å². The summed E-state index contributed by atoms with van der Waals surface area (Å²) in [5, 5.41) is 0. The molecule has 0 unspecified atom stereocenters. The van der Waals surface area contributed by atoms with Crippen molar-refractivity contribution in [2.24, 2.45) is 0 Å². The van der Waals surface area contributed by atoms with Crippen molar-refractivity contribution < 1.29 is 9.53 Å². The third-order valence-corrected chi connectivity index (χ3v) is 3.20. The van der Waals surface area contributed by atoms with E-state index in [-0.39, 0.29) is 5.97 Å². The first-order valence-electron chi connectivity index (χ1n) is 4.76. The maximum Gasteiger partial charge on any atom is 0.339 e. The van der Waals surface area contributed by atoms with Crippen LogP contribution in [0.25, 0.3) is 5.52 Å². The van der Waals surface area contributed by atoms with Gasteiger partial charge in [0.1, 0.15) is 0 Å². The van der Waals surface area contributed by atoms with E-state index in [1.54, 1.807) is 19.2 Å².